The van der Waals surface area contributed by atoms with Crippen LogP contribution in [0, 0.1) is 0 Å². The van der Waals surface area contributed by atoms with Crippen molar-refractivity contribution in [2.45, 2.75) is 13.0 Å². The molecule has 3 aromatic carbocycles. The van der Waals surface area contributed by atoms with Gasteiger partial charge in [-0.05, 0) is 41.8 Å². The van der Waals surface area contributed by atoms with Crippen LogP contribution in [0.25, 0.3) is 10.9 Å². The average molecular weight is 415 g/mol. The molecular weight excluding hydrogens is 390 g/mol. The van der Waals surface area contributed by atoms with Crippen LogP contribution in [-0.2, 0) is 13.0 Å². The zero-order chi connectivity index (χ0) is 21.5. The Hall–Kier alpha value is -3.93. The van der Waals surface area contributed by atoms with Gasteiger partial charge in [-0.15, -0.1) is 0 Å². The van der Waals surface area contributed by atoms with E-state index in [2.05, 4.69) is 21.7 Å². The molecule has 4 rings (SSSR count). The van der Waals surface area contributed by atoms with Crippen LogP contribution in [0.5, 0.6) is 11.5 Å². The van der Waals surface area contributed by atoms with E-state index in [4.69, 9.17) is 9.47 Å². The van der Waals surface area contributed by atoms with Gasteiger partial charge in [0, 0.05) is 41.5 Å². The predicted molar refractivity (Wildman–Crippen MR) is 123 cm³/mol. The Morgan fingerprint density at radius 1 is 0.968 bits per heavy atom. The van der Waals surface area contributed by atoms with Gasteiger partial charge >= 0.3 is 6.03 Å². The average Bonchev–Trinajstić information content (AvgIpc) is 3.20. The molecular formula is C25H25N3O3. The van der Waals surface area contributed by atoms with E-state index in [1.807, 2.05) is 66.9 Å². The first-order chi connectivity index (χ1) is 15.2. The number of anilines is 1. The SMILES string of the molecule is COc1cccc(NC(=O)NCCc2c[nH]c3cc(OCc4ccccc4)ccc23)c1. The molecule has 31 heavy (non-hydrogen) atoms. The maximum absolute atomic E-state index is 12.2. The van der Waals surface area contributed by atoms with Crippen LogP contribution < -0.4 is 20.1 Å². The van der Waals surface area contributed by atoms with Crippen molar-refractivity contribution in [1.82, 2.24) is 10.3 Å². The third-order valence-electron chi connectivity index (χ3n) is 4.99. The molecule has 0 aliphatic heterocycles. The lowest BCUT2D eigenvalue weighted by Crippen LogP contribution is -2.30. The van der Waals surface area contributed by atoms with E-state index in [1.165, 1.54) is 0 Å². The van der Waals surface area contributed by atoms with Crippen LogP contribution in [0.15, 0.2) is 79.0 Å². The lowest BCUT2D eigenvalue weighted by molar-refractivity contribution is 0.252. The quantitative estimate of drug-likeness (QED) is 0.374. The lowest BCUT2D eigenvalue weighted by atomic mass is 10.1. The van der Waals surface area contributed by atoms with Crippen molar-refractivity contribution in [2.24, 2.45) is 0 Å². The fourth-order valence-corrected chi connectivity index (χ4v) is 3.39. The molecule has 2 amide bonds. The molecule has 0 spiro atoms. The second-order valence-corrected chi connectivity index (χ2v) is 7.16. The van der Waals surface area contributed by atoms with E-state index in [-0.39, 0.29) is 6.03 Å². The van der Waals surface area contributed by atoms with Crippen LogP contribution in [0.1, 0.15) is 11.1 Å². The summed E-state index contributed by atoms with van der Waals surface area (Å²) in [5, 5.41) is 6.83. The number of urea groups is 1. The number of H-pyrrole nitrogens is 1. The first-order valence-electron chi connectivity index (χ1n) is 10.2. The number of hydrogen-bond acceptors (Lipinski definition) is 3. The van der Waals surface area contributed by atoms with Crippen LogP contribution >= 0.6 is 0 Å². The minimum Gasteiger partial charge on any atom is -0.497 e. The van der Waals surface area contributed by atoms with E-state index < -0.39 is 0 Å². The summed E-state index contributed by atoms with van der Waals surface area (Å²) < 4.78 is 11.1. The van der Waals surface area contributed by atoms with Gasteiger partial charge in [-0.1, -0.05) is 36.4 Å². The number of hydrogen-bond donors (Lipinski definition) is 3. The maximum atomic E-state index is 12.2. The number of carbonyl (C=O) groups excluding carboxylic acids is 1. The van der Waals surface area contributed by atoms with Gasteiger partial charge < -0.3 is 25.1 Å². The Labute approximate surface area is 181 Å². The highest BCUT2D eigenvalue weighted by Crippen LogP contribution is 2.24. The lowest BCUT2D eigenvalue weighted by Gasteiger charge is -2.09. The molecule has 0 saturated heterocycles. The van der Waals surface area contributed by atoms with Gasteiger partial charge in [0.05, 0.1) is 7.11 Å². The molecule has 0 bridgehead atoms. The number of nitrogens with one attached hydrogen (secondary N) is 3. The first kappa shape index (κ1) is 20.3. The summed E-state index contributed by atoms with van der Waals surface area (Å²) in [7, 11) is 1.60. The topological polar surface area (TPSA) is 75.4 Å². The monoisotopic (exact) mass is 415 g/mol. The van der Waals surface area contributed by atoms with Gasteiger partial charge in [0.1, 0.15) is 18.1 Å². The highest BCUT2D eigenvalue weighted by atomic mass is 16.5. The highest BCUT2D eigenvalue weighted by Gasteiger charge is 2.07. The van der Waals surface area contributed by atoms with E-state index in [0.29, 0.717) is 24.6 Å². The summed E-state index contributed by atoms with van der Waals surface area (Å²) in [6.07, 6.45) is 2.70. The van der Waals surface area contributed by atoms with Crippen molar-refractivity contribution in [2.75, 3.05) is 19.0 Å². The molecule has 0 radical (unpaired) electrons. The van der Waals surface area contributed by atoms with Gasteiger partial charge in [0.25, 0.3) is 0 Å². The largest absolute Gasteiger partial charge is 0.497 e. The third kappa shape index (κ3) is 5.36. The second kappa shape index (κ2) is 9.71. The second-order valence-electron chi connectivity index (χ2n) is 7.16. The van der Waals surface area contributed by atoms with Crippen molar-refractivity contribution in [3.05, 3.63) is 90.1 Å². The Kier molecular flexibility index (Phi) is 6.38. The van der Waals surface area contributed by atoms with E-state index in [0.717, 1.165) is 34.2 Å². The molecule has 0 atom stereocenters. The minimum atomic E-state index is -0.246. The molecule has 0 aliphatic rings. The maximum Gasteiger partial charge on any atom is 0.319 e. The number of amides is 2. The number of rotatable bonds is 8. The van der Waals surface area contributed by atoms with Gasteiger partial charge in [-0.25, -0.2) is 4.79 Å². The van der Waals surface area contributed by atoms with Crippen molar-refractivity contribution < 1.29 is 14.3 Å². The summed E-state index contributed by atoms with van der Waals surface area (Å²) in [5.74, 6) is 1.52. The number of fused-ring (bicyclic) bond motifs is 1. The molecule has 6 nitrogen and oxygen atoms in total. The number of carbonyl (C=O) groups is 1. The number of benzene rings is 3. The first-order valence-corrected chi connectivity index (χ1v) is 10.2. The fourth-order valence-electron chi connectivity index (χ4n) is 3.39. The summed E-state index contributed by atoms with van der Waals surface area (Å²) in [4.78, 5) is 15.4. The molecule has 6 heteroatoms. The summed E-state index contributed by atoms with van der Waals surface area (Å²) in [5.41, 5.74) is 3.98. The van der Waals surface area contributed by atoms with Crippen molar-refractivity contribution in [3.8, 4) is 11.5 Å². The molecule has 0 fully saturated rings. The Morgan fingerprint density at radius 2 is 1.84 bits per heavy atom. The van der Waals surface area contributed by atoms with Crippen LogP contribution in [0.4, 0.5) is 10.5 Å². The molecule has 0 saturated carbocycles. The number of methoxy groups -OCH3 is 1. The molecule has 1 heterocycles. The number of aromatic amines is 1. The summed E-state index contributed by atoms with van der Waals surface area (Å²) in [6, 6.07) is 23.1. The minimum absolute atomic E-state index is 0.246. The fraction of sp³-hybridized carbons (Fsp3) is 0.160. The number of aromatic nitrogens is 1. The highest BCUT2D eigenvalue weighted by molar-refractivity contribution is 5.89. The molecule has 3 N–H and O–H groups in total. The van der Waals surface area contributed by atoms with Crippen LogP contribution in [0.2, 0.25) is 0 Å². The molecule has 4 aromatic rings. The predicted octanol–water partition coefficient (Wildman–Crippen LogP) is 5.12. The third-order valence-corrected chi connectivity index (χ3v) is 4.99. The van der Waals surface area contributed by atoms with Crippen LogP contribution in [-0.4, -0.2) is 24.7 Å². The summed E-state index contributed by atoms with van der Waals surface area (Å²) >= 11 is 0. The van der Waals surface area contributed by atoms with Gasteiger partial charge in [-0.2, -0.15) is 0 Å². The van der Waals surface area contributed by atoms with E-state index in [9.17, 15) is 4.79 Å². The zero-order valence-electron chi connectivity index (χ0n) is 17.4. The Morgan fingerprint density at radius 3 is 2.68 bits per heavy atom. The summed E-state index contributed by atoms with van der Waals surface area (Å²) in [6.45, 7) is 1.06. The Bertz CT molecular complexity index is 1160. The van der Waals surface area contributed by atoms with Gasteiger partial charge in [-0.3, -0.25) is 0 Å². The molecule has 158 valence electrons. The number of ether oxygens (including phenoxy) is 2. The standard InChI is InChI=1S/C25H25N3O3/c1-30-21-9-5-8-20(14-21)28-25(29)26-13-12-19-16-27-24-15-22(10-11-23(19)24)31-17-18-6-3-2-4-7-18/h2-11,14-16,27H,12-13,17H2,1H3,(H2,26,28,29). The van der Waals surface area contributed by atoms with Crippen molar-refractivity contribution in [3.63, 3.8) is 0 Å². The normalized spacial score (nSPS) is 10.6. The molecule has 0 unspecified atom stereocenters. The zero-order valence-corrected chi connectivity index (χ0v) is 17.4. The van der Waals surface area contributed by atoms with Crippen molar-refractivity contribution in [1.29, 1.82) is 0 Å². The molecule has 1 aromatic heterocycles. The van der Waals surface area contributed by atoms with E-state index >= 15 is 0 Å². The van der Waals surface area contributed by atoms with E-state index in [1.54, 1.807) is 13.2 Å². The van der Waals surface area contributed by atoms with Gasteiger partial charge in [0.15, 0.2) is 0 Å². The molecule has 0 aliphatic carbocycles. The Balaban J connectivity index is 1.30. The smallest absolute Gasteiger partial charge is 0.319 e. The van der Waals surface area contributed by atoms with Gasteiger partial charge in [0.2, 0.25) is 0 Å². The van der Waals surface area contributed by atoms with Crippen LogP contribution in [0.3, 0.4) is 0 Å². The van der Waals surface area contributed by atoms with Crippen molar-refractivity contribution >= 4 is 22.6 Å².